The van der Waals surface area contributed by atoms with Crippen LogP contribution in [0.25, 0.3) is 0 Å². The van der Waals surface area contributed by atoms with Crippen molar-refractivity contribution in [1.82, 2.24) is 4.90 Å². The normalized spacial score (nSPS) is 21.5. The summed E-state index contributed by atoms with van der Waals surface area (Å²) in [6, 6.07) is 0. The quantitative estimate of drug-likeness (QED) is 0.759. The van der Waals surface area contributed by atoms with Gasteiger partial charge < -0.3 is 14.7 Å². The van der Waals surface area contributed by atoms with Crippen LogP contribution in [-0.4, -0.2) is 48.2 Å². The van der Waals surface area contributed by atoms with Crippen LogP contribution >= 0.6 is 0 Å². The highest BCUT2D eigenvalue weighted by Gasteiger charge is 2.27. The topological polar surface area (TPSA) is 66.8 Å². The third-order valence-electron chi connectivity index (χ3n) is 3.27. The number of rotatable bonds is 6. The van der Waals surface area contributed by atoms with Crippen LogP contribution in [0.4, 0.5) is 0 Å². The highest BCUT2D eigenvalue weighted by Crippen LogP contribution is 2.20. The Kier molecular flexibility index (Phi) is 5.41. The molecule has 1 saturated heterocycles. The number of hydrogen-bond donors (Lipinski definition) is 1. The van der Waals surface area contributed by atoms with Crippen molar-refractivity contribution in [2.24, 2.45) is 5.92 Å². The summed E-state index contributed by atoms with van der Waals surface area (Å²) in [5.41, 5.74) is 0. The third-order valence-corrected chi connectivity index (χ3v) is 3.27. The highest BCUT2D eigenvalue weighted by atomic mass is 16.5. The molecule has 2 unspecified atom stereocenters. The summed E-state index contributed by atoms with van der Waals surface area (Å²) in [6.07, 6.45) is 2.26. The molecule has 5 heteroatoms. The number of nitrogens with zero attached hydrogens (tertiary/aromatic N) is 1. The molecule has 5 nitrogen and oxygen atoms in total. The molecule has 1 heterocycles. The zero-order chi connectivity index (χ0) is 12.8. The van der Waals surface area contributed by atoms with Gasteiger partial charge in [0.25, 0.3) is 0 Å². The monoisotopic (exact) mass is 243 g/mol. The second-order valence-electron chi connectivity index (χ2n) is 4.68. The lowest BCUT2D eigenvalue weighted by Gasteiger charge is -2.17. The van der Waals surface area contributed by atoms with E-state index in [1.807, 2.05) is 6.92 Å². The van der Waals surface area contributed by atoms with Crippen LogP contribution in [0, 0.1) is 5.92 Å². The van der Waals surface area contributed by atoms with Crippen molar-refractivity contribution in [3.05, 3.63) is 0 Å². The molecule has 17 heavy (non-hydrogen) atoms. The number of carboxylic acids is 1. The molecule has 0 aromatic heterocycles. The van der Waals surface area contributed by atoms with Gasteiger partial charge in [0.1, 0.15) is 0 Å². The van der Waals surface area contributed by atoms with Gasteiger partial charge in [-0.1, -0.05) is 0 Å². The number of likely N-dealkylation sites (tertiary alicyclic amines) is 1. The Morgan fingerprint density at radius 1 is 1.53 bits per heavy atom. The van der Waals surface area contributed by atoms with Crippen molar-refractivity contribution < 1.29 is 19.4 Å². The van der Waals surface area contributed by atoms with Crippen LogP contribution < -0.4 is 0 Å². The molecule has 1 amide bonds. The summed E-state index contributed by atoms with van der Waals surface area (Å²) < 4.78 is 5.09. The minimum atomic E-state index is -0.780. The molecule has 0 bridgehead atoms. The molecule has 1 aliphatic rings. The van der Waals surface area contributed by atoms with Crippen LogP contribution in [0.15, 0.2) is 0 Å². The molecule has 98 valence electrons. The number of carbonyl (C=O) groups is 2. The van der Waals surface area contributed by atoms with Crippen molar-refractivity contribution >= 4 is 11.9 Å². The molecule has 0 aliphatic carbocycles. The average molecular weight is 243 g/mol. The summed E-state index contributed by atoms with van der Waals surface area (Å²) in [7, 11) is 1.63. The first-order valence-corrected chi connectivity index (χ1v) is 6.05. The lowest BCUT2D eigenvalue weighted by atomic mass is 10.1. The van der Waals surface area contributed by atoms with Gasteiger partial charge in [0, 0.05) is 33.0 Å². The van der Waals surface area contributed by atoms with Crippen LogP contribution in [0.5, 0.6) is 0 Å². The largest absolute Gasteiger partial charge is 0.481 e. The summed E-state index contributed by atoms with van der Waals surface area (Å²) in [5, 5.41) is 8.69. The Morgan fingerprint density at radius 3 is 2.82 bits per heavy atom. The molecule has 1 aliphatic heterocycles. The minimum Gasteiger partial charge on any atom is -0.481 e. The van der Waals surface area contributed by atoms with E-state index in [9.17, 15) is 9.59 Å². The SMILES string of the molecule is COC(C)CCC(=O)N1CCC(CC(=O)O)C1. The van der Waals surface area contributed by atoms with Crippen LogP contribution in [0.1, 0.15) is 32.6 Å². The fraction of sp³-hybridized carbons (Fsp3) is 0.833. The Bertz CT molecular complexity index is 280. The van der Waals surface area contributed by atoms with Crippen molar-refractivity contribution in [3.8, 4) is 0 Å². The van der Waals surface area contributed by atoms with Crippen LogP contribution in [0.2, 0.25) is 0 Å². The zero-order valence-corrected chi connectivity index (χ0v) is 10.5. The first-order chi connectivity index (χ1) is 8.02. The molecule has 1 rings (SSSR count). The van der Waals surface area contributed by atoms with Gasteiger partial charge in [-0.15, -0.1) is 0 Å². The average Bonchev–Trinajstić information content (AvgIpc) is 2.72. The standard InChI is InChI=1S/C12H21NO4/c1-9(17-2)3-4-11(14)13-6-5-10(8-13)7-12(15)16/h9-10H,3-8H2,1-2H3,(H,15,16). The van der Waals surface area contributed by atoms with Crippen molar-refractivity contribution in [1.29, 1.82) is 0 Å². The predicted molar refractivity (Wildman–Crippen MR) is 62.6 cm³/mol. The van der Waals surface area contributed by atoms with Gasteiger partial charge in [-0.05, 0) is 25.7 Å². The maximum atomic E-state index is 11.8. The number of ether oxygens (including phenoxy) is 1. The van der Waals surface area contributed by atoms with E-state index in [0.717, 1.165) is 12.8 Å². The first-order valence-electron chi connectivity index (χ1n) is 6.05. The van der Waals surface area contributed by atoms with Crippen molar-refractivity contribution in [2.45, 2.75) is 38.7 Å². The maximum absolute atomic E-state index is 11.8. The number of carboxylic acid groups (broad SMARTS) is 1. The van der Waals surface area contributed by atoms with E-state index in [1.165, 1.54) is 0 Å². The number of methoxy groups -OCH3 is 1. The van der Waals surface area contributed by atoms with E-state index >= 15 is 0 Å². The smallest absolute Gasteiger partial charge is 0.303 e. The predicted octanol–water partition coefficient (Wildman–Crippen LogP) is 1.12. The van der Waals surface area contributed by atoms with E-state index in [0.29, 0.717) is 19.5 Å². The summed E-state index contributed by atoms with van der Waals surface area (Å²) in [4.78, 5) is 24.2. The molecule has 0 saturated carbocycles. The van der Waals surface area contributed by atoms with Gasteiger partial charge in [-0.2, -0.15) is 0 Å². The maximum Gasteiger partial charge on any atom is 0.303 e. The number of aliphatic carboxylic acids is 1. The van der Waals surface area contributed by atoms with Crippen LogP contribution in [-0.2, 0) is 14.3 Å². The summed E-state index contributed by atoms with van der Waals surface area (Å²) in [6.45, 7) is 3.22. The highest BCUT2D eigenvalue weighted by molar-refractivity contribution is 5.76. The number of amides is 1. The van der Waals surface area contributed by atoms with Crippen molar-refractivity contribution in [2.75, 3.05) is 20.2 Å². The lowest BCUT2D eigenvalue weighted by molar-refractivity contribution is -0.138. The van der Waals surface area contributed by atoms with Crippen LogP contribution in [0.3, 0.4) is 0 Å². The van der Waals surface area contributed by atoms with E-state index in [2.05, 4.69) is 0 Å². The van der Waals surface area contributed by atoms with Gasteiger partial charge in [-0.25, -0.2) is 0 Å². The number of hydrogen-bond acceptors (Lipinski definition) is 3. The second-order valence-corrected chi connectivity index (χ2v) is 4.68. The van der Waals surface area contributed by atoms with Gasteiger partial charge >= 0.3 is 5.97 Å². The molecular weight excluding hydrogens is 222 g/mol. The summed E-state index contributed by atoms with van der Waals surface area (Å²) >= 11 is 0. The Morgan fingerprint density at radius 2 is 2.24 bits per heavy atom. The third kappa shape index (κ3) is 4.73. The molecule has 1 N–H and O–H groups in total. The molecule has 0 radical (unpaired) electrons. The molecule has 0 aromatic carbocycles. The molecule has 0 aromatic rings. The van der Waals surface area contributed by atoms with Gasteiger partial charge in [0.2, 0.25) is 5.91 Å². The Labute approximate surface area is 102 Å². The van der Waals surface area contributed by atoms with Crippen molar-refractivity contribution in [3.63, 3.8) is 0 Å². The lowest BCUT2D eigenvalue weighted by Crippen LogP contribution is -2.29. The van der Waals surface area contributed by atoms with E-state index in [-0.39, 0.29) is 24.3 Å². The fourth-order valence-electron chi connectivity index (χ4n) is 2.08. The van der Waals surface area contributed by atoms with E-state index < -0.39 is 5.97 Å². The van der Waals surface area contributed by atoms with E-state index in [1.54, 1.807) is 12.0 Å². The first kappa shape index (κ1) is 14.0. The number of carbonyl (C=O) groups excluding carboxylic acids is 1. The molecule has 0 spiro atoms. The molecule has 1 fully saturated rings. The van der Waals surface area contributed by atoms with Gasteiger partial charge in [0.15, 0.2) is 0 Å². The van der Waals surface area contributed by atoms with Gasteiger partial charge in [0.05, 0.1) is 6.10 Å². The molecular formula is C12H21NO4. The minimum absolute atomic E-state index is 0.0939. The Hall–Kier alpha value is -1.10. The van der Waals surface area contributed by atoms with E-state index in [4.69, 9.17) is 9.84 Å². The zero-order valence-electron chi connectivity index (χ0n) is 10.5. The summed E-state index contributed by atoms with van der Waals surface area (Å²) in [5.74, 6) is -0.546. The molecule has 2 atom stereocenters. The second kappa shape index (κ2) is 6.59. The fourth-order valence-corrected chi connectivity index (χ4v) is 2.08. The van der Waals surface area contributed by atoms with Gasteiger partial charge in [-0.3, -0.25) is 9.59 Å². The Balaban J connectivity index is 2.28.